The predicted octanol–water partition coefficient (Wildman–Crippen LogP) is 4.48. The van der Waals surface area contributed by atoms with Crippen LogP contribution in [0.1, 0.15) is 11.1 Å². The molecule has 0 aromatic heterocycles. The van der Waals surface area contributed by atoms with Crippen LogP contribution in [0.3, 0.4) is 0 Å². The van der Waals surface area contributed by atoms with E-state index in [4.69, 9.17) is 4.74 Å². The Morgan fingerprint density at radius 2 is 1.94 bits per heavy atom. The highest BCUT2D eigenvalue weighted by molar-refractivity contribution is 9.10. The maximum atomic E-state index is 13.0. The van der Waals surface area contributed by atoms with Gasteiger partial charge in [0, 0.05) is 0 Å². The molecule has 0 bridgehead atoms. The predicted molar refractivity (Wildman–Crippen MR) is 69.6 cm³/mol. The lowest BCUT2D eigenvalue weighted by atomic mass is 10.1. The van der Waals surface area contributed by atoms with E-state index < -0.39 is 0 Å². The van der Waals surface area contributed by atoms with Gasteiger partial charge in [-0.2, -0.15) is 0 Å². The first-order valence-corrected chi connectivity index (χ1v) is 6.08. The van der Waals surface area contributed by atoms with E-state index in [1.807, 2.05) is 31.2 Å². The van der Waals surface area contributed by atoms with Gasteiger partial charge in [0.1, 0.15) is 18.2 Å². The average Bonchev–Trinajstić information content (AvgIpc) is 2.32. The Kier molecular flexibility index (Phi) is 3.79. The van der Waals surface area contributed by atoms with Crippen LogP contribution in [0, 0.1) is 12.7 Å². The minimum absolute atomic E-state index is 0.284. The molecule has 17 heavy (non-hydrogen) atoms. The van der Waals surface area contributed by atoms with Gasteiger partial charge in [0.2, 0.25) is 0 Å². The van der Waals surface area contributed by atoms with E-state index in [9.17, 15) is 4.39 Å². The maximum Gasteiger partial charge on any atom is 0.137 e. The Labute approximate surface area is 108 Å². The fourth-order valence-corrected chi connectivity index (χ4v) is 1.86. The fraction of sp³-hybridized carbons (Fsp3) is 0.143. The summed E-state index contributed by atoms with van der Waals surface area (Å²) in [4.78, 5) is 0. The van der Waals surface area contributed by atoms with Gasteiger partial charge in [0.05, 0.1) is 4.47 Å². The van der Waals surface area contributed by atoms with Crippen molar-refractivity contribution in [2.75, 3.05) is 0 Å². The summed E-state index contributed by atoms with van der Waals surface area (Å²) in [6.07, 6.45) is 0. The van der Waals surface area contributed by atoms with Crippen molar-refractivity contribution in [3.63, 3.8) is 0 Å². The summed E-state index contributed by atoms with van der Waals surface area (Å²) in [5.41, 5.74) is 2.32. The van der Waals surface area contributed by atoms with E-state index in [1.54, 1.807) is 12.1 Å². The Bertz CT molecular complexity index is 525. The highest BCUT2D eigenvalue weighted by Gasteiger charge is 2.02. The number of aryl methyl sites for hydroxylation is 1. The molecule has 0 radical (unpaired) electrons. The van der Waals surface area contributed by atoms with Crippen molar-refractivity contribution >= 4 is 15.9 Å². The highest BCUT2D eigenvalue weighted by Crippen LogP contribution is 2.22. The third kappa shape index (κ3) is 3.07. The number of hydrogen-bond acceptors (Lipinski definition) is 1. The Morgan fingerprint density at radius 3 is 2.65 bits per heavy atom. The van der Waals surface area contributed by atoms with Crippen LogP contribution in [0.25, 0.3) is 0 Å². The minimum Gasteiger partial charge on any atom is -0.489 e. The normalized spacial score (nSPS) is 10.3. The minimum atomic E-state index is -0.284. The number of hydrogen-bond donors (Lipinski definition) is 0. The van der Waals surface area contributed by atoms with Crippen LogP contribution in [-0.2, 0) is 6.61 Å². The molecule has 1 nitrogen and oxygen atoms in total. The first-order valence-electron chi connectivity index (χ1n) is 5.29. The fourth-order valence-electron chi connectivity index (χ4n) is 1.50. The molecule has 0 fully saturated rings. The quantitative estimate of drug-likeness (QED) is 0.811. The molecule has 88 valence electrons. The van der Waals surface area contributed by atoms with Gasteiger partial charge in [-0.3, -0.25) is 0 Å². The van der Waals surface area contributed by atoms with Crippen LogP contribution in [0.5, 0.6) is 5.75 Å². The summed E-state index contributed by atoms with van der Waals surface area (Å²) in [6.45, 7) is 2.53. The third-order valence-electron chi connectivity index (χ3n) is 2.55. The summed E-state index contributed by atoms with van der Waals surface area (Å²) < 4.78 is 19.1. The maximum absolute atomic E-state index is 13.0. The van der Waals surface area contributed by atoms with E-state index in [-0.39, 0.29) is 5.82 Å². The van der Waals surface area contributed by atoms with Crippen LogP contribution >= 0.6 is 15.9 Å². The molecule has 0 amide bonds. The summed E-state index contributed by atoms with van der Waals surface area (Å²) in [6, 6.07) is 12.7. The third-order valence-corrected chi connectivity index (χ3v) is 3.15. The molecule has 0 spiro atoms. The monoisotopic (exact) mass is 294 g/mol. The standard InChI is InChI=1S/C14H12BrFO/c1-10-4-2-3-5-11(10)9-17-12-6-7-14(16)13(15)8-12/h2-8H,9H2,1H3. The Morgan fingerprint density at radius 1 is 1.18 bits per heavy atom. The van der Waals surface area contributed by atoms with Crippen molar-refractivity contribution in [1.29, 1.82) is 0 Å². The highest BCUT2D eigenvalue weighted by atomic mass is 79.9. The lowest BCUT2D eigenvalue weighted by Crippen LogP contribution is -1.97. The van der Waals surface area contributed by atoms with Crippen molar-refractivity contribution in [2.24, 2.45) is 0 Å². The second-order valence-corrected chi connectivity index (χ2v) is 4.65. The number of benzene rings is 2. The van der Waals surface area contributed by atoms with E-state index >= 15 is 0 Å². The molecular weight excluding hydrogens is 283 g/mol. The molecule has 0 unspecified atom stereocenters. The molecule has 0 saturated heterocycles. The van der Waals surface area contributed by atoms with Gasteiger partial charge in [0.25, 0.3) is 0 Å². The van der Waals surface area contributed by atoms with Crippen molar-refractivity contribution in [3.05, 3.63) is 63.9 Å². The van der Waals surface area contributed by atoms with E-state index in [0.29, 0.717) is 16.8 Å². The lowest BCUT2D eigenvalue weighted by Gasteiger charge is -2.09. The first-order chi connectivity index (χ1) is 8.16. The van der Waals surface area contributed by atoms with Crippen LogP contribution in [0.2, 0.25) is 0 Å². The molecule has 0 aliphatic heterocycles. The van der Waals surface area contributed by atoms with Gasteiger partial charge in [0.15, 0.2) is 0 Å². The zero-order valence-electron chi connectivity index (χ0n) is 9.41. The van der Waals surface area contributed by atoms with Crippen LogP contribution in [-0.4, -0.2) is 0 Å². The van der Waals surface area contributed by atoms with E-state index in [2.05, 4.69) is 15.9 Å². The molecule has 2 aromatic rings. The average molecular weight is 295 g/mol. The first kappa shape index (κ1) is 12.1. The van der Waals surface area contributed by atoms with Gasteiger partial charge >= 0.3 is 0 Å². The number of ether oxygens (including phenoxy) is 1. The number of halogens is 2. The molecule has 0 atom stereocenters. The summed E-state index contributed by atoms with van der Waals surface area (Å²) in [7, 11) is 0. The number of rotatable bonds is 3. The Hall–Kier alpha value is -1.35. The zero-order chi connectivity index (χ0) is 12.3. The second kappa shape index (κ2) is 5.32. The summed E-state index contributed by atoms with van der Waals surface area (Å²) in [5, 5.41) is 0. The summed E-state index contributed by atoms with van der Waals surface area (Å²) in [5.74, 6) is 0.370. The van der Waals surface area contributed by atoms with Crippen LogP contribution in [0.15, 0.2) is 46.9 Å². The molecule has 0 aliphatic rings. The molecule has 0 aliphatic carbocycles. The van der Waals surface area contributed by atoms with E-state index in [1.165, 1.54) is 11.6 Å². The molecule has 0 saturated carbocycles. The lowest BCUT2D eigenvalue weighted by molar-refractivity contribution is 0.304. The van der Waals surface area contributed by atoms with Gasteiger partial charge < -0.3 is 4.74 Å². The topological polar surface area (TPSA) is 9.23 Å². The zero-order valence-corrected chi connectivity index (χ0v) is 11.0. The Balaban J connectivity index is 2.08. The molecular formula is C14H12BrFO. The summed E-state index contributed by atoms with van der Waals surface area (Å²) >= 11 is 3.13. The van der Waals surface area contributed by atoms with Crippen molar-refractivity contribution in [1.82, 2.24) is 0 Å². The van der Waals surface area contributed by atoms with Crippen LogP contribution < -0.4 is 4.74 Å². The smallest absolute Gasteiger partial charge is 0.137 e. The van der Waals surface area contributed by atoms with Gasteiger partial charge in [-0.25, -0.2) is 4.39 Å². The van der Waals surface area contributed by atoms with Gasteiger partial charge in [-0.15, -0.1) is 0 Å². The SMILES string of the molecule is Cc1ccccc1COc1ccc(F)c(Br)c1. The van der Waals surface area contributed by atoms with Gasteiger partial charge in [-0.1, -0.05) is 24.3 Å². The second-order valence-electron chi connectivity index (χ2n) is 3.79. The van der Waals surface area contributed by atoms with Crippen molar-refractivity contribution in [3.8, 4) is 5.75 Å². The molecule has 0 N–H and O–H groups in total. The van der Waals surface area contributed by atoms with Crippen LogP contribution in [0.4, 0.5) is 4.39 Å². The van der Waals surface area contributed by atoms with E-state index in [0.717, 1.165) is 5.56 Å². The van der Waals surface area contributed by atoms with Gasteiger partial charge in [-0.05, 0) is 52.2 Å². The van der Waals surface area contributed by atoms with Crippen molar-refractivity contribution < 1.29 is 9.13 Å². The largest absolute Gasteiger partial charge is 0.489 e. The molecule has 0 heterocycles. The van der Waals surface area contributed by atoms with Crippen molar-refractivity contribution in [2.45, 2.75) is 13.5 Å². The molecule has 2 aromatic carbocycles. The molecule has 2 rings (SSSR count). The molecule has 3 heteroatoms.